The van der Waals surface area contributed by atoms with Crippen LogP contribution in [0.15, 0.2) is 12.4 Å². The third kappa shape index (κ3) is 5.03. The molecular formula is C17H31N3O. The number of nitrogens with one attached hydrogen (secondary N) is 1. The summed E-state index contributed by atoms with van der Waals surface area (Å²) >= 11 is 0. The van der Waals surface area contributed by atoms with Crippen LogP contribution in [0.25, 0.3) is 0 Å². The van der Waals surface area contributed by atoms with Gasteiger partial charge in [-0.1, -0.05) is 26.2 Å². The highest BCUT2D eigenvalue weighted by Crippen LogP contribution is 2.29. The Kier molecular flexibility index (Phi) is 7.07. The minimum Gasteiger partial charge on any atom is -0.382 e. The van der Waals surface area contributed by atoms with Crippen LogP contribution < -0.4 is 5.32 Å². The van der Waals surface area contributed by atoms with E-state index in [0.29, 0.717) is 6.04 Å². The van der Waals surface area contributed by atoms with Crippen LogP contribution in [0, 0.1) is 5.92 Å². The lowest BCUT2D eigenvalue weighted by Crippen LogP contribution is -2.31. The molecule has 1 atom stereocenters. The standard InChI is InChI=1S/C17H31N3O/c1-3-16(15-9-6-5-7-10-15)19-17-18-11-13-20(17)12-8-14-21-4-2/h11,13,15-16H,3-10,12,14H2,1-2H3,(H,18,19). The lowest BCUT2D eigenvalue weighted by Gasteiger charge is -2.30. The van der Waals surface area contributed by atoms with Crippen molar-refractivity contribution in [1.82, 2.24) is 9.55 Å². The summed E-state index contributed by atoms with van der Waals surface area (Å²) in [6, 6.07) is 0.568. The molecule has 1 aliphatic rings. The zero-order valence-corrected chi connectivity index (χ0v) is 13.7. The second-order valence-electron chi connectivity index (χ2n) is 6.05. The summed E-state index contributed by atoms with van der Waals surface area (Å²) in [6.45, 7) is 6.93. The molecule has 0 bridgehead atoms. The Bertz CT molecular complexity index is 385. The average molecular weight is 293 g/mol. The quantitative estimate of drug-likeness (QED) is 0.697. The number of aryl methyl sites for hydroxylation is 1. The maximum atomic E-state index is 5.41. The predicted molar refractivity (Wildman–Crippen MR) is 87.6 cm³/mol. The summed E-state index contributed by atoms with van der Waals surface area (Å²) in [7, 11) is 0. The van der Waals surface area contributed by atoms with Crippen molar-refractivity contribution in [2.45, 2.75) is 71.4 Å². The predicted octanol–water partition coefficient (Wildman–Crippen LogP) is 4.08. The molecule has 1 aromatic heterocycles. The van der Waals surface area contributed by atoms with Gasteiger partial charge in [-0.15, -0.1) is 0 Å². The first-order chi connectivity index (χ1) is 10.3. The summed E-state index contributed by atoms with van der Waals surface area (Å²) in [4.78, 5) is 4.51. The zero-order chi connectivity index (χ0) is 14.9. The number of rotatable bonds is 9. The molecule has 1 aliphatic carbocycles. The Morgan fingerprint density at radius 2 is 2.14 bits per heavy atom. The number of nitrogens with zero attached hydrogens (tertiary/aromatic N) is 2. The summed E-state index contributed by atoms with van der Waals surface area (Å²) in [5.41, 5.74) is 0. The second-order valence-corrected chi connectivity index (χ2v) is 6.05. The van der Waals surface area contributed by atoms with E-state index in [-0.39, 0.29) is 0 Å². The molecule has 4 heteroatoms. The van der Waals surface area contributed by atoms with E-state index in [0.717, 1.165) is 38.0 Å². The van der Waals surface area contributed by atoms with Gasteiger partial charge in [-0.3, -0.25) is 0 Å². The van der Waals surface area contributed by atoms with Crippen LogP contribution >= 0.6 is 0 Å². The maximum Gasteiger partial charge on any atom is 0.202 e. The fourth-order valence-corrected chi connectivity index (χ4v) is 3.37. The molecule has 2 rings (SSSR count). The molecule has 1 unspecified atom stereocenters. The highest BCUT2D eigenvalue weighted by Gasteiger charge is 2.23. The molecule has 0 radical (unpaired) electrons. The molecule has 120 valence electrons. The fourth-order valence-electron chi connectivity index (χ4n) is 3.37. The summed E-state index contributed by atoms with van der Waals surface area (Å²) < 4.78 is 7.64. The Labute approximate surface area is 129 Å². The van der Waals surface area contributed by atoms with E-state index in [1.54, 1.807) is 0 Å². The van der Waals surface area contributed by atoms with Gasteiger partial charge in [0.2, 0.25) is 5.95 Å². The molecule has 0 saturated heterocycles. The summed E-state index contributed by atoms with van der Waals surface area (Å²) in [6.07, 6.45) is 13.1. The third-order valence-electron chi connectivity index (χ3n) is 4.58. The normalized spacial score (nSPS) is 17.8. The highest BCUT2D eigenvalue weighted by atomic mass is 16.5. The first-order valence-corrected chi connectivity index (χ1v) is 8.70. The first kappa shape index (κ1) is 16.3. The van der Waals surface area contributed by atoms with E-state index < -0.39 is 0 Å². The number of imidazole rings is 1. The van der Waals surface area contributed by atoms with Gasteiger partial charge in [0.25, 0.3) is 0 Å². The molecule has 1 fully saturated rings. The van der Waals surface area contributed by atoms with Crippen molar-refractivity contribution in [3.05, 3.63) is 12.4 Å². The van der Waals surface area contributed by atoms with Crippen molar-refractivity contribution in [2.75, 3.05) is 18.5 Å². The van der Waals surface area contributed by atoms with Crippen LogP contribution in [0.3, 0.4) is 0 Å². The number of aromatic nitrogens is 2. The lowest BCUT2D eigenvalue weighted by atomic mass is 9.83. The third-order valence-corrected chi connectivity index (χ3v) is 4.58. The maximum absolute atomic E-state index is 5.41. The van der Waals surface area contributed by atoms with E-state index in [9.17, 15) is 0 Å². The molecule has 4 nitrogen and oxygen atoms in total. The topological polar surface area (TPSA) is 39.1 Å². The highest BCUT2D eigenvalue weighted by molar-refractivity contribution is 5.28. The van der Waals surface area contributed by atoms with Crippen LogP contribution in [0.2, 0.25) is 0 Å². The molecular weight excluding hydrogens is 262 g/mol. The van der Waals surface area contributed by atoms with Crippen molar-refractivity contribution in [3.63, 3.8) is 0 Å². The van der Waals surface area contributed by atoms with Gasteiger partial charge in [0.05, 0.1) is 0 Å². The van der Waals surface area contributed by atoms with Gasteiger partial charge in [-0.25, -0.2) is 4.98 Å². The van der Waals surface area contributed by atoms with E-state index >= 15 is 0 Å². The van der Waals surface area contributed by atoms with Gasteiger partial charge in [0.15, 0.2) is 0 Å². The lowest BCUT2D eigenvalue weighted by molar-refractivity contribution is 0.141. The van der Waals surface area contributed by atoms with Gasteiger partial charge in [-0.2, -0.15) is 0 Å². The molecule has 1 saturated carbocycles. The molecule has 0 amide bonds. The van der Waals surface area contributed by atoms with Crippen molar-refractivity contribution in [2.24, 2.45) is 5.92 Å². The van der Waals surface area contributed by atoms with Gasteiger partial charge in [0, 0.05) is 38.2 Å². The Balaban J connectivity index is 1.86. The van der Waals surface area contributed by atoms with E-state index in [1.165, 1.54) is 38.5 Å². The SMILES string of the molecule is CCOCCCn1ccnc1NC(CC)C1CCCCC1. The Morgan fingerprint density at radius 3 is 2.86 bits per heavy atom. The number of hydrogen-bond donors (Lipinski definition) is 1. The van der Waals surface area contributed by atoms with Crippen LogP contribution in [0.1, 0.15) is 58.8 Å². The number of ether oxygens (including phenoxy) is 1. The van der Waals surface area contributed by atoms with Gasteiger partial charge in [-0.05, 0) is 38.5 Å². The molecule has 1 heterocycles. The van der Waals surface area contributed by atoms with Crippen molar-refractivity contribution in [3.8, 4) is 0 Å². The monoisotopic (exact) mass is 293 g/mol. The smallest absolute Gasteiger partial charge is 0.202 e. The Morgan fingerprint density at radius 1 is 1.33 bits per heavy atom. The number of anilines is 1. The average Bonchev–Trinajstić information content (AvgIpc) is 2.97. The summed E-state index contributed by atoms with van der Waals surface area (Å²) in [5, 5.41) is 3.70. The summed E-state index contributed by atoms with van der Waals surface area (Å²) in [5.74, 6) is 1.85. The molecule has 1 N–H and O–H groups in total. The largest absolute Gasteiger partial charge is 0.382 e. The molecule has 0 aliphatic heterocycles. The van der Waals surface area contributed by atoms with Crippen molar-refractivity contribution in [1.29, 1.82) is 0 Å². The fraction of sp³-hybridized carbons (Fsp3) is 0.824. The van der Waals surface area contributed by atoms with Crippen molar-refractivity contribution >= 4 is 5.95 Å². The molecule has 21 heavy (non-hydrogen) atoms. The van der Waals surface area contributed by atoms with Gasteiger partial charge < -0.3 is 14.6 Å². The Hall–Kier alpha value is -1.03. The molecule has 0 aromatic carbocycles. The van der Waals surface area contributed by atoms with Crippen molar-refractivity contribution < 1.29 is 4.74 Å². The van der Waals surface area contributed by atoms with E-state index in [1.807, 2.05) is 13.1 Å². The zero-order valence-electron chi connectivity index (χ0n) is 13.7. The van der Waals surface area contributed by atoms with Gasteiger partial charge in [0.1, 0.15) is 0 Å². The van der Waals surface area contributed by atoms with Gasteiger partial charge >= 0.3 is 0 Å². The number of hydrogen-bond acceptors (Lipinski definition) is 3. The minimum absolute atomic E-state index is 0.568. The molecule has 1 aromatic rings. The van der Waals surface area contributed by atoms with E-state index in [2.05, 4.69) is 28.0 Å². The van der Waals surface area contributed by atoms with Crippen LogP contribution in [0.4, 0.5) is 5.95 Å². The second kappa shape index (κ2) is 9.08. The first-order valence-electron chi connectivity index (χ1n) is 8.70. The van der Waals surface area contributed by atoms with Crippen LogP contribution in [-0.2, 0) is 11.3 Å². The minimum atomic E-state index is 0.568. The van der Waals surface area contributed by atoms with Crippen LogP contribution in [0.5, 0.6) is 0 Å². The van der Waals surface area contributed by atoms with Crippen LogP contribution in [-0.4, -0.2) is 28.8 Å². The molecule has 0 spiro atoms. The van der Waals surface area contributed by atoms with E-state index in [4.69, 9.17) is 4.74 Å².